The molecule has 0 bridgehead atoms. The maximum Gasteiger partial charge on any atom is 0.146 e. The van der Waals surface area contributed by atoms with E-state index in [0.717, 1.165) is 5.56 Å². The van der Waals surface area contributed by atoms with Crippen LogP contribution in [-0.2, 0) is 6.54 Å². The fourth-order valence-electron chi connectivity index (χ4n) is 1.82. The van der Waals surface area contributed by atoms with E-state index in [1.54, 1.807) is 24.3 Å². The Hall–Kier alpha value is -1.45. The van der Waals surface area contributed by atoms with Crippen LogP contribution in [0.3, 0.4) is 0 Å². The second kappa shape index (κ2) is 6.13. The number of rotatable bonds is 4. The highest BCUT2D eigenvalue weighted by atomic mass is 35.5. The monoisotopic (exact) mass is 281 g/mol. The summed E-state index contributed by atoms with van der Waals surface area (Å²) in [6, 6.07) is 11.2. The normalized spacial score (nSPS) is 12.4. The van der Waals surface area contributed by atoms with Crippen molar-refractivity contribution in [2.75, 3.05) is 0 Å². The SMILES string of the molecule is C[C@H](NCc1cccc(Cl)c1F)c1ccc(F)cc1. The van der Waals surface area contributed by atoms with Gasteiger partial charge >= 0.3 is 0 Å². The molecule has 1 nitrogen and oxygen atoms in total. The Bertz CT molecular complexity index is 555. The molecular formula is C15H14ClF2N. The van der Waals surface area contributed by atoms with Crippen molar-refractivity contribution in [2.24, 2.45) is 0 Å². The Kier molecular flexibility index (Phi) is 4.51. The van der Waals surface area contributed by atoms with Crippen molar-refractivity contribution in [3.8, 4) is 0 Å². The van der Waals surface area contributed by atoms with Crippen LogP contribution in [0.4, 0.5) is 8.78 Å². The Morgan fingerprint density at radius 3 is 2.47 bits per heavy atom. The topological polar surface area (TPSA) is 12.0 Å². The highest BCUT2D eigenvalue weighted by Gasteiger charge is 2.09. The molecule has 0 heterocycles. The summed E-state index contributed by atoms with van der Waals surface area (Å²) in [5.41, 5.74) is 1.46. The van der Waals surface area contributed by atoms with Gasteiger partial charge in [-0.1, -0.05) is 35.9 Å². The second-order valence-electron chi connectivity index (χ2n) is 4.37. The van der Waals surface area contributed by atoms with Gasteiger partial charge in [0.15, 0.2) is 0 Å². The lowest BCUT2D eigenvalue weighted by atomic mass is 10.1. The van der Waals surface area contributed by atoms with Crippen LogP contribution in [0.2, 0.25) is 5.02 Å². The third-order valence-corrected chi connectivity index (χ3v) is 3.29. The molecule has 19 heavy (non-hydrogen) atoms. The molecule has 0 amide bonds. The highest BCUT2D eigenvalue weighted by Crippen LogP contribution is 2.19. The first-order chi connectivity index (χ1) is 9.08. The lowest BCUT2D eigenvalue weighted by Gasteiger charge is -2.15. The van der Waals surface area contributed by atoms with Gasteiger partial charge in [0.25, 0.3) is 0 Å². The predicted octanol–water partition coefficient (Wildman–Crippen LogP) is 4.47. The third kappa shape index (κ3) is 3.52. The molecule has 2 aromatic carbocycles. The average molecular weight is 282 g/mol. The van der Waals surface area contributed by atoms with Crippen molar-refractivity contribution >= 4 is 11.6 Å². The van der Waals surface area contributed by atoms with Crippen molar-refractivity contribution in [3.05, 3.63) is 70.2 Å². The van der Waals surface area contributed by atoms with Crippen LogP contribution in [0.15, 0.2) is 42.5 Å². The number of halogens is 3. The fourth-order valence-corrected chi connectivity index (χ4v) is 2.01. The maximum atomic E-state index is 13.7. The van der Waals surface area contributed by atoms with Crippen molar-refractivity contribution < 1.29 is 8.78 Å². The zero-order valence-electron chi connectivity index (χ0n) is 10.5. The number of hydrogen-bond acceptors (Lipinski definition) is 1. The molecule has 0 saturated carbocycles. The van der Waals surface area contributed by atoms with Gasteiger partial charge in [-0.2, -0.15) is 0 Å². The van der Waals surface area contributed by atoms with Crippen molar-refractivity contribution in [1.29, 1.82) is 0 Å². The van der Waals surface area contributed by atoms with E-state index >= 15 is 0 Å². The molecule has 0 aliphatic heterocycles. The van der Waals surface area contributed by atoms with E-state index < -0.39 is 5.82 Å². The summed E-state index contributed by atoms with van der Waals surface area (Å²) < 4.78 is 26.5. The van der Waals surface area contributed by atoms with E-state index in [1.807, 2.05) is 6.92 Å². The van der Waals surface area contributed by atoms with Crippen LogP contribution < -0.4 is 5.32 Å². The van der Waals surface area contributed by atoms with Gasteiger partial charge in [-0.05, 0) is 30.7 Å². The molecule has 0 aliphatic rings. The highest BCUT2D eigenvalue weighted by molar-refractivity contribution is 6.30. The van der Waals surface area contributed by atoms with E-state index in [1.165, 1.54) is 18.2 Å². The van der Waals surface area contributed by atoms with E-state index in [0.29, 0.717) is 12.1 Å². The van der Waals surface area contributed by atoms with Gasteiger partial charge in [-0.3, -0.25) is 0 Å². The van der Waals surface area contributed by atoms with Gasteiger partial charge in [0, 0.05) is 18.2 Å². The molecule has 1 N–H and O–H groups in total. The van der Waals surface area contributed by atoms with Crippen molar-refractivity contribution in [1.82, 2.24) is 5.32 Å². The summed E-state index contributed by atoms with van der Waals surface area (Å²) in [4.78, 5) is 0. The summed E-state index contributed by atoms with van der Waals surface area (Å²) in [7, 11) is 0. The van der Waals surface area contributed by atoms with E-state index in [9.17, 15) is 8.78 Å². The average Bonchev–Trinajstić information content (AvgIpc) is 2.41. The van der Waals surface area contributed by atoms with Crippen LogP contribution in [-0.4, -0.2) is 0 Å². The largest absolute Gasteiger partial charge is 0.306 e. The van der Waals surface area contributed by atoms with E-state index in [-0.39, 0.29) is 16.9 Å². The maximum absolute atomic E-state index is 13.7. The summed E-state index contributed by atoms with van der Waals surface area (Å²) in [6.45, 7) is 2.31. The van der Waals surface area contributed by atoms with Crippen LogP contribution in [0.5, 0.6) is 0 Å². The Morgan fingerprint density at radius 2 is 1.79 bits per heavy atom. The summed E-state index contributed by atoms with van der Waals surface area (Å²) in [6.07, 6.45) is 0. The molecule has 0 fully saturated rings. The zero-order chi connectivity index (χ0) is 13.8. The van der Waals surface area contributed by atoms with Gasteiger partial charge in [0.05, 0.1) is 5.02 Å². The smallest absolute Gasteiger partial charge is 0.146 e. The first-order valence-corrected chi connectivity index (χ1v) is 6.37. The van der Waals surface area contributed by atoms with Crippen LogP contribution >= 0.6 is 11.6 Å². The van der Waals surface area contributed by atoms with Crippen LogP contribution in [0.1, 0.15) is 24.1 Å². The molecule has 0 unspecified atom stereocenters. The first-order valence-electron chi connectivity index (χ1n) is 5.99. The zero-order valence-corrected chi connectivity index (χ0v) is 11.2. The van der Waals surface area contributed by atoms with Crippen LogP contribution in [0.25, 0.3) is 0 Å². The molecule has 2 aromatic rings. The summed E-state index contributed by atoms with van der Waals surface area (Å²) >= 11 is 5.72. The Morgan fingerprint density at radius 1 is 1.11 bits per heavy atom. The minimum absolute atomic E-state index is 0.000943. The molecule has 2 rings (SSSR count). The molecule has 0 saturated heterocycles. The number of benzene rings is 2. The minimum atomic E-state index is -0.400. The van der Waals surface area contributed by atoms with E-state index in [2.05, 4.69) is 5.32 Å². The van der Waals surface area contributed by atoms with Gasteiger partial charge in [-0.15, -0.1) is 0 Å². The Labute approximate surface area is 116 Å². The molecule has 0 aliphatic carbocycles. The van der Waals surface area contributed by atoms with Gasteiger partial charge in [-0.25, -0.2) is 8.78 Å². The lowest BCUT2D eigenvalue weighted by Crippen LogP contribution is -2.18. The lowest BCUT2D eigenvalue weighted by molar-refractivity contribution is 0.543. The van der Waals surface area contributed by atoms with Crippen molar-refractivity contribution in [2.45, 2.75) is 19.5 Å². The quantitative estimate of drug-likeness (QED) is 0.872. The molecule has 1 atom stereocenters. The molecule has 100 valence electrons. The molecule has 0 radical (unpaired) electrons. The standard InChI is InChI=1S/C15H14ClF2N/c1-10(11-5-7-13(17)8-6-11)19-9-12-3-2-4-14(16)15(12)18/h2-8,10,19H,9H2,1H3/t10-/m0/s1. The number of hydrogen-bond donors (Lipinski definition) is 1. The minimum Gasteiger partial charge on any atom is -0.306 e. The summed E-state index contributed by atoms with van der Waals surface area (Å²) in [5, 5.41) is 3.30. The molecule has 0 spiro atoms. The van der Waals surface area contributed by atoms with E-state index in [4.69, 9.17) is 11.6 Å². The predicted molar refractivity (Wildman–Crippen MR) is 73.1 cm³/mol. The molecule has 0 aromatic heterocycles. The second-order valence-corrected chi connectivity index (χ2v) is 4.77. The molecule has 4 heteroatoms. The van der Waals surface area contributed by atoms with Gasteiger partial charge in [0.2, 0.25) is 0 Å². The Balaban J connectivity index is 2.02. The fraction of sp³-hybridized carbons (Fsp3) is 0.200. The van der Waals surface area contributed by atoms with Crippen LogP contribution in [0, 0.1) is 11.6 Å². The van der Waals surface area contributed by atoms with Crippen molar-refractivity contribution in [3.63, 3.8) is 0 Å². The molecular weight excluding hydrogens is 268 g/mol. The van der Waals surface area contributed by atoms with Gasteiger partial charge < -0.3 is 5.32 Å². The third-order valence-electron chi connectivity index (χ3n) is 3.00. The van der Waals surface area contributed by atoms with Gasteiger partial charge in [0.1, 0.15) is 11.6 Å². The first kappa shape index (κ1) is 14.0. The summed E-state index contributed by atoms with van der Waals surface area (Å²) in [5.74, 6) is -0.667. The number of nitrogens with one attached hydrogen (secondary N) is 1.